The fourth-order valence-electron chi connectivity index (χ4n) is 1.96. The summed E-state index contributed by atoms with van der Waals surface area (Å²) in [4.78, 5) is 16.3. The number of carbonyl (C=O) groups is 1. The highest BCUT2D eigenvalue weighted by Crippen LogP contribution is 2.17. The van der Waals surface area contributed by atoms with Crippen LogP contribution in [0.4, 0.5) is 0 Å². The molecule has 1 amide bonds. The molecule has 0 aromatic carbocycles. The van der Waals surface area contributed by atoms with Crippen molar-refractivity contribution in [1.82, 2.24) is 20.5 Å². The van der Waals surface area contributed by atoms with Crippen molar-refractivity contribution in [3.05, 3.63) is 33.0 Å². The van der Waals surface area contributed by atoms with Crippen molar-refractivity contribution in [3.63, 3.8) is 0 Å². The number of aromatic nitrogens is 3. The number of nitrogens with one attached hydrogen (secondary N) is 2. The minimum Gasteiger partial charge on any atom is -0.347 e. The zero-order valence-corrected chi connectivity index (χ0v) is 13.1. The predicted octanol–water partition coefficient (Wildman–Crippen LogP) is 2.60. The van der Waals surface area contributed by atoms with Crippen molar-refractivity contribution < 1.29 is 4.79 Å². The molecule has 6 heteroatoms. The van der Waals surface area contributed by atoms with Crippen molar-refractivity contribution >= 4 is 17.2 Å². The standard InChI is InChI=1S/C14H20N4OS/c1-8-7-20-14(15-8)11(4)16-13(19)6-5-12-9(2)10(3)17-18-12/h7,11H,5-6H2,1-4H3,(H,16,19)(H,17,18). The average Bonchev–Trinajstić information content (AvgIpc) is 2.96. The molecule has 2 rings (SSSR count). The number of amides is 1. The van der Waals surface area contributed by atoms with Gasteiger partial charge in [-0.25, -0.2) is 4.98 Å². The summed E-state index contributed by atoms with van der Waals surface area (Å²) >= 11 is 1.58. The number of aromatic amines is 1. The van der Waals surface area contributed by atoms with E-state index in [1.54, 1.807) is 11.3 Å². The zero-order chi connectivity index (χ0) is 14.7. The van der Waals surface area contributed by atoms with E-state index in [9.17, 15) is 4.79 Å². The fraction of sp³-hybridized carbons (Fsp3) is 0.500. The first kappa shape index (κ1) is 14.7. The molecule has 0 fully saturated rings. The molecule has 0 aliphatic carbocycles. The van der Waals surface area contributed by atoms with E-state index in [0.717, 1.165) is 27.7 Å². The fourth-order valence-corrected chi connectivity index (χ4v) is 2.76. The summed E-state index contributed by atoms with van der Waals surface area (Å²) in [5, 5.41) is 13.1. The number of carbonyl (C=O) groups excluding carboxylic acids is 1. The molecule has 0 saturated carbocycles. The summed E-state index contributed by atoms with van der Waals surface area (Å²) in [6, 6.07) is -0.0387. The van der Waals surface area contributed by atoms with E-state index in [2.05, 4.69) is 20.5 Å². The number of rotatable bonds is 5. The Balaban J connectivity index is 1.85. The lowest BCUT2D eigenvalue weighted by atomic mass is 10.1. The summed E-state index contributed by atoms with van der Waals surface area (Å²) in [6.45, 7) is 7.92. The lowest BCUT2D eigenvalue weighted by Gasteiger charge is -2.10. The van der Waals surface area contributed by atoms with Crippen LogP contribution in [0.1, 0.15) is 47.0 Å². The van der Waals surface area contributed by atoms with E-state index in [4.69, 9.17) is 0 Å². The Morgan fingerprint density at radius 2 is 2.20 bits per heavy atom. The Kier molecular flexibility index (Phi) is 4.54. The van der Waals surface area contributed by atoms with Gasteiger partial charge in [0.1, 0.15) is 5.01 Å². The predicted molar refractivity (Wildman–Crippen MR) is 79.8 cm³/mol. The van der Waals surface area contributed by atoms with Crippen LogP contribution in [0.25, 0.3) is 0 Å². The summed E-state index contributed by atoms with van der Waals surface area (Å²) in [7, 11) is 0. The summed E-state index contributed by atoms with van der Waals surface area (Å²) in [5.41, 5.74) is 4.16. The van der Waals surface area contributed by atoms with Crippen molar-refractivity contribution in [2.45, 2.75) is 46.6 Å². The van der Waals surface area contributed by atoms with Crippen molar-refractivity contribution in [2.75, 3.05) is 0 Å². The van der Waals surface area contributed by atoms with E-state index in [1.165, 1.54) is 0 Å². The van der Waals surface area contributed by atoms with Gasteiger partial charge in [-0.15, -0.1) is 11.3 Å². The number of hydrogen-bond donors (Lipinski definition) is 2. The van der Waals surface area contributed by atoms with Gasteiger partial charge in [0.05, 0.1) is 11.7 Å². The molecule has 1 unspecified atom stereocenters. The highest BCUT2D eigenvalue weighted by Gasteiger charge is 2.14. The van der Waals surface area contributed by atoms with E-state index in [0.29, 0.717) is 12.8 Å². The first-order valence-corrected chi connectivity index (χ1v) is 7.57. The third-order valence-corrected chi connectivity index (χ3v) is 4.47. The number of nitrogens with zero attached hydrogens (tertiary/aromatic N) is 2. The average molecular weight is 292 g/mol. The molecule has 2 aromatic heterocycles. The van der Waals surface area contributed by atoms with Gasteiger partial charge in [0.15, 0.2) is 0 Å². The molecule has 0 aliphatic rings. The highest BCUT2D eigenvalue weighted by atomic mass is 32.1. The minimum atomic E-state index is -0.0387. The van der Waals surface area contributed by atoms with Crippen molar-refractivity contribution in [3.8, 4) is 0 Å². The first-order chi connectivity index (χ1) is 9.47. The molecule has 0 spiro atoms. The second-order valence-electron chi connectivity index (χ2n) is 5.04. The topological polar surface area (TPSA) is 70.7 Å². The van der Waals surface area contributed by atoms with Gasteiger partial charge in [0.2, 0.25) is 5.91 Å². The number of H-pyrrole nitrogens is 1. The maximum Gasteiger partial charge on any atom is 0.220 e. The van der Waals surface area contributed by atoms with E-state index in [1.807, 2.05) is 33.1 Å². The molecular formula is C14H20N4OS. The quantitative estimate of drug-likeness (QED) is 0.890. The molecule has 2 heterocycles. The molecule has 2 N–H and O–H groups in total. The van der Waals surface area contributed by atoms with Crippen LogP contribution in [-0.4, -0.2) is 21.1 Å². The van der Waals surface area contributed by atoms with Crippen LogP contribution in [0.15, 0.2) is 5.38 Å². The van der Waals surface area contributed by atoms with Crippen molar-refractivity contribution in [1.29, 1.82) is 0 Å². The van der Waals surface area contributed by atoms with E-state index >= 15 is 0 Å². The lowest BCUT2D eigenvalue weighted by molar-refractivity contribution is -0.121. The Hall–Kier alpha value is -1.69. The molecule has 5 nitrogen and oxygen atoms in total. The molecule has 20 heavy (non-hydrogen) atoms. The minimum absolute atomic E-state index is 0.0328. The largest absolute Gasteiger partial charge is 0.347 e. The van der Waals surface area contributed by atoms with Crippen LogP contribution in [0, 0.1) is 20.8 Å². The van der Waals surface area contributed by atoms with E-state index in [-0.39, 0.29) is 11.9 Å². The molecule has 2 aromatic rings. The van der Waals surface area contributed by atoms with Gasteiger partial charge >= 0.3 is 0 Å². The van der Waals surface area contributed by atoms with Crippen LogP contribution >= 0.6 is 11.3 Å². The van der Waals surface area contributed by atoms with Gasteiger partial charge in [-0.05, 0) is 33.3 Å². The monoisotopic (exact) mass is 292 g/mol. The van der Waals surface area contributed by atoms with Gasteiger partial charge in [0, 0.05) is 29.6 Å². The molecule has 0 saturated heterocycles. The van der Waals surface area contributed by atoms with Gasteiger partial charge < -0.3 is 5.32 Å². The first-order valence-electron chi connectivity index (χ1n) is 6.69. The van der Waals surface area contributed by atoms with Crippen LogP contribution < -0.4 is 5.32 Å². The maximum atomic E-state index is 12.0. The summed E-state index contributed by atoms with van der Waals surface area (Å²) < 4.78 is 0. The smallest absolute Gasteiger partial charge is 0.220 e. The molecular weight excluding hydrogens is 272 g/mol. The van der Waals surface area contributed by atoms with Gasteiger partial charge in [-0.2, -0.15) is 5.10 Å². The third kappa shape index (κ3) is 3.45. The highest BCUT2D eigenvalue weighted by molar-refractivity contribution is 7.09. The van der Waals surface area contributed by atoms with Crippen LogP contribution in [0.2, 0.25) is 0 Å². The van der Waals surface area contributed by atoms with Gasteiger partial charge in [-0.3, -0.25) is 9.89 Å². The van der Waals surface area contributed by atoms with Gasteiger partial charge in [0.25, 0.3) is 0 Å². The third-order valence-electron chi connectivity index (χ3n) is 3.33. The summed E-state index contributed by atoms with van der Waals surface area (Å²) in [6.07, 6.45) is 1.10. The molecule has 0 radical (unpaired) electrons. The summed E-state index contributed by atoms with van der Waals surface area (Å²) in [5.74, 6) is 0.0328. The van der Waals surface area contributed by atoms with Crippen LogP contribution in [0.3, 0.4) is 0 Å². The second-order valence-corrected chi connectivity index (χ2v) is 5.93. The van der Waals surface area contributed by atoms with Crippen LogP contribution in [-0.2, 0) is 11.2 Å². The molecule has 1 atom stereocenters. The Morgan fingerprint density at radius 3 is 2.75 bits per heavy atom. The van der Waals surface area contributed by atoms with Crippen LogP contribution in [0.5, 0.6) is 0 Å². The number of hydrogen-bond acceptors (Lipinski definition) is 4. The van der Waals surface area contributed by atoms with Crippen molar-refractivity contribution in [2.24, 2.45) is 0 Å². The normalized spacial score (nSPS) is 12.4. The SMILES string of the molecule is Cc1csc(C(C)NC(=O)CCc2n[nH]c(C)c2C)n1. The lowest BCUT2D eigenvalue weighted by Crippen LogP contribution is -2.26. The van der Waals surface area contributed by atoms with E-state index < -0.39 is 0 Å². The van der Waals surface area contributed by atoms with Gasteiger partial charge in [-0.1, -0.05) is 0 Å². The molecule has 0 aliphatic heterocycles. The molecule has 0 bridgehead atoms. The second kappa shape index (κ2) is 6.17. The number of thiazole rings is 1. The Bertz CT molecular complexity index is 602. The maximum absolute atomic E-state index is 12.0. The Labute approximate surface area is 122 Å². The molecule has 108 valence electrons. The Morgan fingerprint density at radius 1 is 1.45 bits per heavy atom. The number of aryl methyl sites for hydroxylation is 3. The zero-order valence-electron chi connectivity index (χ0n) is 12.3.